The number of nitrogens with zero attached hydrogens (tertiary/aromatic N) is 1. The maximum atomic E-state index is 5.29. The van der Waals surface area contributed by atoms with E-state index in [2.05, 4.69) is 24.1 Å². The van der Waals surface area contributed by atoms with Crippen molar-refractivity contribution in [3.8, 4) is 0 Å². The predicted molar refractivity (Wildman–Crippen MR) is 68.0 cm³/mol. The van der Waals surface area contributed by atoms with Crippen molar-refractivity contribution >= 4 is 0 Å². The molecule has 100 valence electrons. The molecule has 0 aromatic heterocycles. The molecular weight excluding hydrogens is 216 g/mol. The Labute approximate surface area is 105 Å². The number of likely N-dealkylation sites (tertiary alicyclic amines) is 1. The highest BCUT2D eigenvalue weighted by Crippen LogP contribution is 2.33. The van der Waals surface area contributed by atoms with Crippen LogP contribution in [0.25, 0.3) is 0 Å². The molecule has 2 aliphatic rings. The van der Waals surface area contributed by atoms with Gasteiger partial charge in [-0.3, -0.25) is 4.90 Å². The van der Waals surface area contributed by atoms with Crippen LogP contribution in [0, 0.1) is 0 Å². The average molecular weight is 242 g/mol. The van der Waals surface area contributed by atoms with Crippen LogP contribution in [0.1, 0.15) is 33.1 Å². The average Bonchev–Trinajstić information content (AvgIpc) is 3.06. The molecule has 3 unspecified atom stereocenters. The van der Waals surface area contributed by atoms with Gasteiger partial charge in [0, 0.05) is 38.9 Å². The number of hydrogen-bond acceptors (Lipinski definition) is 4. The first kappa shape index (κ1) is 13.3. The molecular formula is C13H26N2O2. The molecule has 2 fully saturated rings. The van der Waals surface area contributed by atoms with Crippen LogP contribution in [-0.4, -0.2) is 56.1 Å². The van der Waals surface area contributed by atoms with Gasteiger partial charge in [-0.05, 0) is 33.1 Å². The van der Waals surface area contributed by atoms with Gasteiger partial charge in [0.1, 0.15) is 0 Å². The Morgan fingerprint density at radius 2 is 1.88 bits per heavy atom. The van der Waals surface area contributed by atoms with Gasteiger partial charge >= 0.3 is 0 Å². The number of hydrogen-bond donors (Lipinski definition) is 1. The molecule has 0 radical (unpaired) electrons. The fourth-order valence-electron chi connectivity index (χ4n) is 3.05. The highest BCUT2D eigenvalue weighted by Gasteiger charge is 2.39. The van der Waals surface area contributed by atoms with E-state index in [9.17, 15) is 0 Å². The fraction of sp³-hybridized carbons (Fsp3) is 1.00. The lowest BCUT2D eigenvalue weighted by atomic mass is 10.1. The van der Waals surface area contributed by atoms with Gasteiger partial charge in [-0.2, -0.15) is 0 Å². The maximum Gasteiger partial charge on any atom is 0.171 e. The van der Waals surface area contributed by atoms with Crippen molar-refractivity contribution in [1.29, 1.82) is 0 Å². The van der Waals surface area contributed by atoms with E-state index in [1.54, 1.807) is 14.2 Å². The molecule has 17 heavy (non-hydrogen) atoms. The van der Waals surface area contributed by atoms with E-state index >= 15 is 0 Å². The first-order chi connectivity index (χ1) is 8.15. The summed E-state index contributed by atoms with van der Waals surface area (Å²) in [5.74, 6) is 0. The Hall–Kier alpha value is -0.160. The van der Waals surface area contributed by atoms with E-state index in [1.165, 1.54) is 25.8 Å². The highest BCUT2D eigenvalue weighted by atomic mass is 16.7. The minimum atomic E-state index is -0.153. The van der Waals surface area contributed by atoms with Gasteiger partial charge in [0.25, 0.3) is 0 Å². The largest absolute Gasteiger partial charge is 0.354 e. The van der Waals surface area contributed by atoms with Crippen molar-refractivity contribution in [3.63, 3.8) is 0 Å². The molecule has 0 aromatic carbocycles. The van der Waals surface area contributed by atoms with Gasteiger partial charge in [-0.15, -0.1) is 0 Å². The third-order valence-corrected chi connectivity index (χ3v) is 4.01. The second kappa shape index (κ2) is 5.65. The molecule has 0 aromatic rings. The van der Waals surface area contributed by atoms with E-state index in [1.807, 2.05) is 0 Å². The normalized spacial score (nSPS) is 32.3. The summed E-state index contributed by atoms with van der Waals surface area (Å²) in [5.41, 5.74) is 0. The minimum Gasteiger partial charge on any atom is -0.354 e. The number of methoxy groups -OCH3 is 2. The van der Waals surface area contributed by atoms with Crippen LogP contribution in [-0.2, 0) is 9.47 Å². The summed E-state index contributed by atoms with van der Waals surface area (Å²) < 4.78 is 10.6. The summed E-state index contributed by atoms with van der Waals surface area (Å²) in [7, 11) is 3.39. The lowest BCUT2D eigenvalue weighted by molar-refractivity contribution is -0.120. The van der Waals surface area contributed by atoms with Crippen LogP contribution in [0.5, 0.6) is 0 Å². The molecule has 4 heteroatoms. The van der Waals surface area contributed by atoms with E-state index in [-0.39, 0.29) is 12.3 Å². The Balaban J connectivity index is 1.79. The molecule has 2 rings (SSSR count). The van der Waals surface area contributed by atoms with Crippen LogP contribution >= 0.6 is 0 Å². The first-order valence-corrected chi connectivity index (χ1v) is 6.73. The summed E-state index contributed by atoms with van der Waals surface area (Å²) in [6, 6.07) is 2.40. The Morgan fingerprint density at radius 1 is 1.24 bits per heavy atom. The molecule has 1 aliphatic heterocycles. The second-order valence-corrected chi connectivity index (χ2v) is 5.50. The number of rotatable bonds is 6. The Morgan fingerprint density at radius 3 is 2.41 bits per heavy atom. The third-order valence-electron chi connectivity index (χ3n) is 4.01. The van der Waals surface area contributed by atoms with Crippen LogP contribution in [0.2, 0.25) is 0 Å². The second-order valence-electron chi connectivity index (χ2n) is 5.50. The van der Waals surface area contributed by atoms with Gasteiger partial charge in [0.05, 0.1) is 6.04 Å². The Bertz CT molecular complexity index is 242. The van der Waals surface area contributed by atoms with E-state index < -0.39 is 0 Å². The zero-order chi connectivity index (χ0) is 12.4. The lowest BCUT2D eigenvalue weighted by Crippen LogP contribution is -2.46. The molecule has 3 atom stereocenters. The molecule has 0 bridgehead atoms. The maximum absolute atomic E-state index is 5.29. The van der Waals surface area contributed by atoms with Crippen LogP contribution in [0.3, 0.4) is 0 Å². The van der Waals surface area contributed by atoms with Crippen molar-refractivity contribution in [1.82, 2.24) is 10.2 Å². The van der Waals surface area contributed by atoms with Crippen molar-refractivity contribution in [2.75, 3.05) is 20.8 Å². The quantitative estimate of drug-likeness (QED) is 0.710. The monoisotopic (exact) mass is 242 g/mol. The van der Waals surface area contributed by atoms with Gasteiger partial charge in [0.15, 0.2) is 6.29 Å². The summed E-state index contributed by atoms with van der Waals surface area (Å²) in [6.07, 6.45) is 3.87. The molecule has 1 saturated heterocycles. The van der Waals surface area contributed by atoms with Crippen molar-refractivity contribution < 1.29 is 9.47 Å². The van der Waals surface area contributed by atoms with Gasteiger partial charge in [-0.25, -0.2) is 0 Å². The minimum absolute atomic E-state index is 0.153. The molecule has 0 amide bonds. The van der Waals surface area contributed by atoms with Gasteiger partial charge < -0.3 is 14.8 Å². The first-order valence-electron chi connectivity index (χ1n) is 6.73. The SMILES string of the molecule is COC(OC)C(C)NC1CC(C)N(C2CC2)C1. The zero-order valence-electron chi connectivity index (χ0n) is 11.5. The molecule has 4 nitrogen and oxygen atoms in total. The molecule has 1 saturated carbocycles. The third kappa shape index (κ3) is 3.19. The lowest BCUT2D eigenvalue weighted by Gasteiger charge is -2.25. The van der Waals surface area contributed by atoms with Crippen molar-refractivity contribution in [2.24, 2.45) is 0 Å². The molecule has 1 heterocycles. The molecule has 1 N–H and O–H groups in total. The van der Waals surface area contributed by atoms with Crippen LogP contribution in [0.4, 0.5) is 0 Å². The van der Waals surface area contributed by atoms with Crippen LogP contribution in [0.15, 0.2) is 0 Å². The molecule has 1 aliphatic carbocycles. The van der Waals surface area contributed by atoms with Crippen molar-refractivity contribution in [2.45, 2.75) is 63.6 Å². The smallest absolute Gasteiger partial charge is 0.171 e. The van der Waals surface area contributed by atoms with Crippen molar-refractivity contribution in [3.05, 3.63) is 0 Å². The Kier molecular flexibility index (Phi) is 4.42. The van der Waals surface area contributed by atoms with Gasteiger partial charge in [0.2, 0.25) is 0 Å². The fourth-order valence-corrected chi connectivity index (χ4v) is 3.05. The highest BCUT2D eigenvalue weighted by molar-refractivity contribution is 4.96. The van der Waals surface area contributed by atoms with E-state index in [4.69, 9.17) is 9.47 Å². The summed E-state index contributed by atoms with van der Waals surface area (Å²) in [6.45, 7) is 5.65. The van der Waals surface area contributed by atoms with E-state index in [0.717, 1.165) is 12.1 Å². The van der Waals surface area contributed by atoms with E-state index in [0.29, 0.717) is 6.04 Å². The topological polar surface area (TPSA) is 33.7 Å². The number of nitrogens with one attached hydrogen (secondary N) is 1. The summed E-state index contributed by atoms with van der Waals surface area (Å²) >= 11 is 0. The standard InChI is InChI=1S/C13H26N2O2/c1-9-7-11(8-15(9)12-5-6-12)14-10(2)13(16-3)17-4/h9-14H,5-8H2,1-4H3. The van der Waals surface area contributed by atoms with Gasteiger partial charge in [-0.1, -0.05) is 0 Å². The number of ether oxygens (including phenoxy) is 2. The summed E-state index contributed by atoms with van der Waals surface area (Å²) in [4.78, 5) is 2.65. The summed E-state index contributed by atoms with van der Waals surface area (Å²) in [5, 5.41) is 3.63. The molecule has 0 spiro atoms. The van der Waals surface area contributed by atoms with Crippen LogP contribution < -0.4 is 5.32 Å². The predicted octanol–water partition coefficient (Wildman–Crippen LogP) is 1.21. The zero-order valence-corrected chi connectivity index (χ0v) is 11.5.